The maximum Gasteiger partial charge on any atom is 0.341 e. The molecule has 0 aliphatic carbocycles. The number of carbonyl (C=O) groups is 1. The van der Waals surface area contributed by atoms with Crippen LogP contribution < -0.4 is 0 Å². The van der Waals surface area contributed by atoms with Crippen LogP contribution in [0.1, 0.15) is 15.9 Å². The molecule has 0 radical (unpaired) electrons. The van der Waals surface area contributed by atoms with Crippen LogP contribution in [0.15, 0.2) is 35.1 Å². The molecule has 0 atom stereocenters. The van der Waals surface area contributed by atoms with E-state index in [2.05, 4.69) is 5.16 Å². The van der Waals surface area contributed by atoms with Gasteiger partial charge in [-0.1, -0.05) is 16.8 Å². The van der Waals surface area contributed by atoms with Crippen LogP contribution >= 0.6 is 0 Å². The lowest BCUT2D eigenvalue weighted by atomic mass is 10.1. The van der Waals surface area contributed by atoms with Crippen molar-refractivity contribution in [2.24, 2.45) is 7.05 Å². The molecule has 0 saturated carbocycles. The van der Waals surface area contributed by atoms with Crippen molar-refractivity contribution >= 4 is 16.9 Å². The zero-order chi connectivity index (χ0) is 13.6. The van der Waals surface area contributed by atoms with E-state index >= 15 is 0 Å². The summed E-state index contributed by atoms with van der Waals surface area (Å²) in [5, 5.41) is 13.7. The third-order valence-electron chi connectivity index (χ3n) is 3.19. The van der Waals surface area contributed by atoms with Crippen molar-refractivity contribution in [3.05, 3.63) is 41.7 Å². The normalized spacial score (nSPS) is 11.1. The Morgan fingerprint density at radius 2 is 2.21 bits per heavy atom. The van der Waals surface area contributed by atoms with Crippen molar-refractivity contribution in [3.8, 4) is 11.3 Å². The highest BCUT2D eigenvalue weighted by atomic mass is 16.5. The third kappa shape index (κ3) is 1.71. The van der Waals surface area contributed by atoms with Gasteiger partial charge in [-0.05, 0) is 19.1 Å². The SMILES string of the molecule is Cc1ccc2c(c1)c(-c1oncc1C(=O)O)cn2C. The smallest absolute Gasteiger partial charge is 0.341 e. The fraction of sp³-hybridized carbons (Fsp3) is 0.143. The number of carboxylic acids is 1. The van der Waals surface area contributed by atoms with Crippen molar-refractivity contribution in [3.63, 3.8) is 0 Å². The summed E-state index contributed by atoms with van der Waals surface area (Å²) in [4.78, 5) is 11.2. The Morgan fingerprint density at radius 1 is 1.42 bits per heavy atom. The van der Waals surface area contributed by atoms with Gasteiger partial charge in [-0.3, -0.25) is 0 Å². The van der Waals surface area contributed by atoms with E-state index in [1.54, 1.807) is 0 Å². The first-order chi connectivity index (χ1) is 9.08. The Kier molecular flexibility index (Phi) is 2.41. The molecule has 3 rings (SSSR count). The number of benzene rings is 1. The number of carboxylic acid groups (broad SMARTS) is 1. The van der Waals surface area contributed by atoms with E-state index in [9.17, 15) is 4.79 Å². The molecule has 0 spiro atoms. The van der Waals surface area contributed by atoms with Crippen LogP contribution in [0.5, 0.6) is 0 Å². The van der Waals surface area contributed by atoms with Crippen LogP contribution in [0.25, 0.3) is 22.2 Å². The first-order valence-electron chi connectivity index (χ1n) is 5.82. The molecule has 5 nitrogen and oxygen atoms in total. The molecule has 0 unspecified atom stereocenters. The van der Waals surface area contributed by atoms with Crippen LogP contribution in [0.2, 0.25) is 0 Å². The monoisotopic (exact) mass is 256 g/mol. The average molecular weight is 256 g/mol. The van der Waals surface area contributed by atoms with E-state index in [-0.39, 0.29) is 5.56 Å². The molecule has 2 aromatic heterocycles. The van der Waals surface area contributed by atoms with Gasteiger partial charge in [-0.2, -0.15) is 0 Å². The zero-order valence-corrected chi connectivity index (χ0v) is 10.5. The number of rotatable bonds is 2. The van der Waals surface area contributed by atoms with Crippen LogP contribution in [0.3, 0.4) is 0 Å². The lowest BCUT2D eigenvalue weighted by Gasteiger charge is -1.98. The Labute approximate surface area is 109 Å². The number of hydrogen-bond donors (Lipinski definition) is 1. The minimum absolute atomic E-state index is 0.0778. The molecule has 1 aromatic carbocycles. The summed E-state index contributed by atoms with van der Waals surface area (Å²) in [5.74, 6) is -0.746. The topological polar surface area (TPSA) is 68.3 Å². The number of fused-ring (bicyclic) bond motifs is 1. The number of aryl methyl sites for hydroxylation is 2. The fourth-order valence-corrected chi connectivity index (χ4v) is 2.27. The first-order valence-corrected chi connectivity index (χ1v) is 5.82. The summed E-state index contributed by atoms with van der Waals surface area (Å²) in [7, 11) is 1.91. The van der Waals surface area contributed by atoms with Gasteiger partial charge in [-0.25, -0.2) is 4.79 Å². The van der Waals surface area contributed by atoms with Gasteiger partial charge < -0.3 is 14.2 Å². The maximum absolute atomic E-state index is 11.2. The van der Waals surface area contributed by atoms with Crippen molar-refractivity contribution < 1.29 is 14.4 Å². The molecule has 3 aromatic rings. The second-order valence-corrected chi connectivity index (χ2v) is 4.55. The molecule has 0 saturated heterocycles. The van der Waals surface area contributed by atoms with Gasteiger partial charge in [0, 0.05) is 29.7 Å². The van der Waals surface area contributed by atoms with Gasteiger partial charge in [0.1, 0.15) is 5.56 Å². The second-order valence-electron chi connectivity index (χ2n) is 4.55. The predicted molar refractivity (Wildman–Crippen MR) is 70.1 cm³/mol. The van der Waals surface area contributed by atoms with Crippen LogP contribution in [-0.2, 0) is 7.05 Å². The van der Waals surface area contributed by atoms with Crippen molar-refractivity contribution in [2.75, 3.05) is 0 Å². The number of aromatic nitrogens is 2. The Bertz CT molecular complexity index is 783. The summed E-state index contributed by atoms with van der Waals surface area (Å²) in [5.41, 5.74) is 2.95. The van der Waals surface area contributed by atoms with Crippen molar-refractivity contribution in [1.29, 1.82) is 0 Å². The van der Waals surface area contributed by atoms with E-state index in [0.717, 1.165) is 22.0 Å². The van der Waals surface area contributed by atoms with E-state index in [0.29, 0.717) is 5.76 Å². The molecule has 0 aliphatic heterocycles. The molecule has 0 bridgehead atoms. The van der Waals surface area contributed by atoms with E-state index in [4.69, 9.17) is 9.63 Å². The van der Waals surface area contributed by atoms with E-state index in [1.807, 2.05) is 42.9 Å². The molecule has 0 amide bonds. The van der Waals surface area contributed by atoms with E-state index in [1.165, 1.54) is 6.20 Å². The molecule has 5 heteroatoms. The summed E-state index contributed by atoms with van der Waals surface area (Å²) in [6.07, 6.45) is 3.09. The highest BCUT2D eigenvalue weighted by molar-refractivity contribution is 6.01. The maximum atomic E-state index is 11.2. The van der Waals surface area contributed by atoms with Gasteiger partial charge in [0.2, 0.25) is 0 Å². The quantitative estimate of drug-likeness (QED) is 0.765. The van der Waals surface area contributed by atoms with E-state index < -0.39 is 5.97 Å². The third-order valence-corrected chi connectivity index (χ3v) is 3.19. The van der Waals surface area contributed by atoms with Gasteiger partial charge >= 0.3 is 5.97 Å². The molecule has 19 heavy (non-hydrogen) atoms. The van der Waals surface area contributed by atoms with Gasteiger partial charge in [0.15, 0.2) is 5.76 Å². The molecule has 0 aliphatic rings. The zero-order valence-electron chi connectivity index (χ0n) is 10.5. The predicted octanol–water partition coefficient (Wildman–Crippen LogP) is 2.84. The van der Waals surface area contributed by atoms with Crippen LogP contribution in [-0.4, -0.2) is 20.8 Å². The lowest BCUT2D eigenvalue weighted by Crippen LogP contribution is -1.95. The van der Waals surface area contributed by atoms with Gasteiger partial charge in [0.25, 0.3) is 0 Å². The molecule has 96 valence electrons. The van der Waals surface area contributed by atoms with Crippen LogP contribution in [0.4, 0.5) is 0 Å². The summed E-state index contributed by atoms with van der Waals surface area (Å²) in [6.45, 7) is 1.99. The summed E-state index contributed by atoms with van der Waals surface area (Å²) in [6, 6.07) is 6.04. The minimum Gasteiger partial charge on any atom is -0.477 e. The Morgan fingerprint density at radius 3 is 2.95 bits per heavy atom. The molecule has 2 heterocycles. The minimum atomic E-state index is -1.04. The molecular weight excluding hydrogens is 244 g/mol. The summed E-state index contributed by atoms with van der Waals surface area (Å²) < 4.78 is 7.07. The number of nitrogens with zero attached hydrogens (tertiary/aromatic N) is 2. The highest BCUT2D eigenvalue weighted by Crippen LogP contribution is 2.32. The second kappa shape index (κ2) is 3.98. The molecular formula is C14H12N2O3. The van der Waals surface area contributed by atoms with Gasteiger partial charge in [-0.15, -0.1) is 0 Å². The average Bonchev–Trinajstić information content (AvgIpc) is 2.94. The van der Waals surface area contributed by atoms with Crippen LogP contribution in [0, 0.1) is 6.92 Å². The fourth-order valence-electron chi connectivity index (χ4n) is 2.27. The van der Waals surface area contributed by atoms with Crippen molar-refractivity contribution in [2.45, 2.75) is 6.92 Å². The molecule has 1 N–H and O–H groups in total. The largest absolute Gasteiger partial charge is 0.477 e. The lowest BCUT2D eigenvalue weighted by molar-refractivity contribution is 0.0697. The molecule has 0 fully saturated rings. The van der Waals surface area contributed by atoms with Crippen molar-refractivity contribution in [1.82, 2.24) is 9.72 Å². The van der Waals surface area contributed by atoms with Gasteiger partial charge in [0.05, 0.1) is 6.20 Å². The standard InChI is InChI=1S/C14H12N2O3/c1-8-3-4-12-9(5-8)11(7-16(12)2)13-10(14(17)18)6-15-19-13/h3-7H,1-2H3,(H,17,18). The Hall–Kier alpha value is -2.56. The number of aromatic carboxylic acids is 1. The summed E-state index contributed by atoms with van der Waals surface area (Å²) >= 11 is 0. The highest BCUT2D eigenvalue weighted by Gasteiger charge is 2.20. The number of hydrogen-bond acceptors (Lipinski definition) is 3. The first kappa shape index (κ1) is 11.5. The Balaban J connectivity index is 2.33.